The van der Waals surface area contributed by atoms with Crippen molar-refractivity contribution in [3.05, 3.63) is 106 Å². The van der Waals surface area contributed by atoms with Gasteiger partial charge in [-0.05, 0) is 48.6 Å². The van der Waals surface area contributed by atoms with Crippen molar-refractivity contribution in [2.24, 2.45) is 23.2 Å². The van der Waals surface area contributed by atoms with Crippen LogP contribution in [0.3, 0.4) is 0 Å². The number of hydrogen-bond donors (Lipinski definition) is 1. The molecule has 0 saturated carbocycles. The Morgan fingerprint density at radius 3 is 2.14 bits per heavy atom. The number of rotatable bonds is 12. The summed E-state index contributed by atoms with van der Waals surface area (Å²) in [6.45, 7) is 18.6. The van der Waals surface area contributed by atoms with Gasteiger partial charge in [-0.2, -0.15) is 5.56 Å². The summed E-state index contributed by atoms with van der Waals surface area (Å²) in [6, 6.07) is 23.8. The van der Waals surface area contributed by atoms with Crippen LogP contribution in [0.5, 0.6) is 0 Å². The Labute approximate surface area is 274 Å². The van der Waals surface area contributed by atoms with Crippen LogP contribution in [0, 0.1) is 29.2 Å². The number of benzene rings is 3. The quantitative estimate of drug-likeness (QED) is 0.0866. The van der Waals surface area contributed by atoms with Crippen molar-refractivity contribution in [3.63, 3.8) is 0 Å². The molecule has 3 aromatic carbocycles. The molecule has 0 fully saturated rings. The van der Waals surface area contributed by atoms with Crippen LogP contribution < -0.4 is 0 Å². The van der Waals surface area contributed by atoms with Gasteiger partial charge in [-0.3, -0.25) is 4.79 Å². The SMILES string of the molecule is CC(C)Cc1ccccc1/C=C(\C(=[N-])c1[c-]ccc2ccccc12)C(C)C.CCC(C)C(=O)/C=C(\O)C(C)(CC)CC.[Ir]. The van der Waals surface area contributed by atoms with E-state index in [0.29, 0.717) is 11.6 Å². The Morgan fingerprint density at radius 1 is 0.953 bits per heavy atom. The fourth-order valence-electron chi connectivity index (χ4n) is 4.74. The molecule has 0 aliphatic rings. The van der Waals surface area contributed by atoms with Crippen LogP contribution in [0.25, 0.3) is 22.3 Å². The number of fused-ring (bicyclic) bond motifs is 1. The number of aliphatic hydroxyl groups excluding tert-OH is 1. The van der Waals surface area contributed by atoms with Crippen LogP contribution in [0.4, 0.5) is 0 Å². The molecule has 1 N–H and O–H groups in total. The van der Waals surface area contributed by atoms with Crippen molar-refractivity contribution in [2.45, 2.75) is 88.0 Å². The third kappa shape index (κ3) is 10.7. The first-order valence-corrected chi connectivity index (χ1v) is 15.6. The van der Waals surface area contributed by atoms with Crippen LogP contribution in [0.15, 0.2) is 78.1 Å². The second-order valence-corrected chi connectivity index (χ2v) is 12.3. The van der Waals surface area contributed by atoms with Gasteiger partial charge in [-0.1, -0.05) is 117 Å². The average molecular weight is 758 g/mol. The number of nitrogens with zero attached hydrogens (tertiary/aromatic N) is 1. The van der Waals surface area contributed by atoms with Crippen LogP contribution >= 0.6 is 0 Å². The number of ketones is 1. The molecular weight excluding hydrogens is 707 g/mol. The normalized spacial score (nSPS) is 12.9. The molecule has 0 spiro atoms. The van der Waals surface area contributed by atoms with E-state index in [0.717, 1.165) is 47.6 Å². The summed E-state index contributed by atoms with van der Waals surface area (Å²) >= 11 is 0. The van der Waals surface area contributed by atoms with Crippen molar-refractivity contribution in [2.75, 3.05) is 0 Å². The molecule has 235 valence electrons. The summed E-state index contributed by atoms with van der Waals surface area (Å²) in [5.74, 6) is 1.06. The van der Waals surface area contributed by atoms with Crippen molar-refractivity contribution < 1.29 is 30.0 Å². The molecule has 0 aromatic heterocycles. The molecule has 0 aliphatic carbocycles. The van der Waals surface area contributed by atoms with Crippen molar-refractivity contribution >= 4 is 28.3 Å². The summed E-state index contributed by atoms with van der Waals surface area (Å²) in [5, 5.41) is 23.3. The van der Waals surface area contributed by atoms with Gasteiger partial charge < -0.3 is 10.5 Å². The van der Waals surface area contributed by atoms with Gasteiger partial charge in [0.05, 0.1) is 0 Å². The van der Waals surface area contributed by atoms with Gasteiger partial charge in [0, 0.05) is 37.5 Å². The fraction of sp³-hybridized carbons (Fsp3) is 0.436. The van der Waals surface area contributed by atoms with E-state index in [1.54, 1.807) is 0 Å². The van der Waals surface area contributed by atoms with Crippen LogP contribution in [-0.4, -0.2) is 16.6 Å². The van der Waals surface area contributed by atoms with Gasteiger partial charge in [0.15, 0.2) is 5.78 Å². The van der Waals surface area contributed by atoms with Gasteiger partial charge in [0.1, 0.15) is 5.76 Å². The first-order chi connectivity index (χ1) is 19.9. The molecule has 1 atom stereocenters. The summed E-state index contributed by atoms with van der Waals surface area (Å²) in [5.41, 5.74) is 4.29. The molecule has 3 nitrogen and oxygen atoms in total. The largest absolute Gasteiger partial charge is 0.855 e. The number of allylic oxidation sites excluding steroid dienone is 3. The minimum absolute atomic E-state index is 0. The molecule has 1 unspecified atom stereocenters. The molecule has 0 bridgehead atoms. The summed E-state index contributed by atoms with van der Waals surface area (Å²) in [4.78, 5) is 11.6. The maximum absolute atomic E-state index is 11.6. The van der Waals surface area contributed by atoms with E-state index in [-0.39, 0.29) is 48.9 Å². The molecule has 0 heterocycles. The van der Waals surface area contributed by atoms with E-state index in [2.05, 4.69) is 70.2 Å². The van der Waals surface area contributed by atoms with Gasteiger partial charge in [0.25, 0.3) is 0 Å². The zero-order valence-electron chi connectivity index (χ0n) is 27.6. The van der Waals surface area contributed by atoms with Crippen molar-refractivity contribution in [3.8, 4) is 0 Å². The molecule has 0 amide bonds. The Hall–Kier alpha value is -2.81. The van der Waals surface area contributed by atoms with E-state index in [1.165, 1.54) is 17.2 Å². The third-order valence-electron chi connectivity index (χ3n) is 8.40. The molecule has 3 aromatic rings. The number of hydrogen-bond acceptors (Lipinski definition) is 2. The van der Waals surface area contributed by atoms with Crippen LogP contribution in [0.1, 0.15) is 98.3 Å². The van der Waals surface area contributed by atoms with Crippen LogP contribution in [0.2, 0.25) is 0 Å². The van der Waals surface area contributed by atoms with E-state index in [9.17, 15) is 15.3 Å². The smallest absolute Gasteiger partial charge is 0.161 e. The third-order valence-corrected chi connectivity index (χ3v) is 8.40. The predicted octanol–water partition coefficient (Wildman–Crippen LogP) is 10.8. The first kappa shape index (κ1) is 38.2. The maximum Gasteiger partial charge on any atom is 0.161 e. The minimum Gasteiger partial charge on any atom is -0.855 e. The Bertz CT molecular complexity index is 1390. The summed E-state index contributed by atoms with van der Waals surface area (Å²) < 4.78 is 0. The monoisotopic (exact) mass is 758 g/mol. The van der Waals surface area contributed by atoms with E-state index in [4.69, 9.17) is 0 Å². The van der Waals surface area contributed by atoms with E-state index in [1.807, 2.05) is 65.0 Å². The number of carbonyl (C=O) groups is 1. The Balaban J connectivity index is 0.000000497. The topological polar surface area (TPSA) is 59.6 Å². The predicted molar refractivity (Wildman–Crippen MR) is 182 cm³/mol. The molecule has 0 saturated heterocycles. The van der Waals surface area contributed by atoms with Crippen molar-refractivity contribution in [1.29, 1.82) is 0 Å². The fourth-order valence-corrected chi connectivity index (χ4v) is 4.74. The molecule has 1 radical (unpaired) electrons. The number of aliphatic hydroxyl groups is 1. The molecule has 4 heteroatoms. The summed E-state index contributed by atoms with van der Waals surface area (Å²) in [6.07, 6.45) is 7.10. The van der Waals surface area contributed by atoms with Gasteiger partial charge >= 0.3 is 0 Å². The molecule has 43 heavy (non-hydrogen) atoms. The van der Waals surface area contributed by atoms with Gasteiger partial charge in [-0.25, -0.2) is 5.71 Å². The summed E-state index contributed by atoms with van der Waals surface area (Å²) in [7, 11) is 0. The van der Waals surface area contributed by atoms with E-state index >= 15 is 0 Å². The Morgan fingerprint density at radius 2 is 1.56 bits per heavy atom. The standard InChI is InChI=1S/C26H27N.C13H24O2.Ir/c1-18(2)16-21-11-5-6-12-22(21)17-25(19(3)4)26(27)24-15-9-13-20-10-7-8-14-23(20)24;1-6-10(4)11(14)9-12(15)13(5,7-2)8-3;/h5-14,17-19H,16H2,1-4H3;9-10,15H,6-8H2,1-5H3;/q-2;;/b25-17-;12-9-;. The zero-order chi connectivity index (χ0) is 31.4. The van der Waals surface area contributed by atoms with Crippen molar-refractivity contribution in [1.82, 2.24) is 0 Å². The maximum atomic E-state index is 11.6. The first-order valence-electron chi connectivity index (χ1n) is 15.6. The number of carbonyl (C=O) groups excluding carboxylic acids is 1. The molecular formula is C39H51IrNO2-2. The molecule has 0 aliphatic heterocycles. The Kier molecular flexibility index (Phi) is 16.1. The minimum atomic E-state index is -0.247. The molecule has 3 rings (SSSR count). The second kappa shape index (κ2) is 18.1. The van der Waals surface area contributed by atoms with E-state index < -0.39 is 0 Å². The zero-order valence-corrected chi connectivity index (χ0v) is 30.0. The second-order valence-electron chi connectivity index (χ2n) is 12.3. The van der Waals surface area contributed by atoms with Crippen LogP contribution in [-0.2, 0) is 31.3 Å². The van der Waals surface area contributed by atoms with Gasteiger partial charge in [-0.15, -0.1) is 34.5 Å². The van der Waals surface area contributed by atoms with Gasteiger partial charge in [0.2, 0.25) is 0 Å². The average Bonchev–Trinajstić information content (AvgIpc) is 2.98.